The zero-order valence-corrected chi connectivity index (χ0v) is 8.58. The third-order valence-electron chi connectivity index (χ3n) is 2.51. The van der Waals surface area contributed by atoms with Gasteiger partial charge in [0.05, 0.1) is 6.85 Å². The molecule has 0 fully saturated rings. The normalized spacial score (nSPS) is 18.5. The second-order valence-electron chi connectivity index (χ2n) is 3.55. The summed E-state index contributed by atoms with van der Waals surface area (Å²) >= 11 is 0. The summed E-state index contributed by atoms with van der Waals surface area (Å²) in [6, 6.07) is 6.06. The molecule has 1 heterocycles. The fraction of sp³-hybridized carbons (Fsp3) is 0.143. The summed E-state index contributed by atoms with van der Waals surface area (Å²) in [6.45, 7) is 0.606. The monoisotopic (exact) mass is 216 g/mol. The molecule has 0 unspecified atom stereocenters. The molecular weight excluding hydrogens is 198 g/mol. The second kappa shape index (κ2) is 3.89. The quantitative estimate of drug-likeness (QED) is 0.726. The Bertz CT molecular complexity index is 690. The van der Waals surface area contributed by atoms with Gasteiger partial charge in [-0.25, -0.2) is 0 Å². The molecule has 0 spiro atoms. The first-order valence-electron chi connectivity index (χ1n) is 7.53. The van der Waals surface area contributed by atoms with E-state index in [1.807, 2.05) is 24.3 Å². The van der Waals surface area contributed by atoms with E-state index in [1.54, 1.807) is 4.90 Å². The topological polar surface area (TPSA) is 12.5 Å². The van der Waals surface area contributed by atoms with Crippen LogP contribution in [0.4, 0.5) is 5.69 Å². The standard InChI is InChI=1S/C14H13NO/c1-2-7-13(8-3-1)15-10-12-6-4-5-9-14(12)16-11-15/h1-9H,10-11H2/i1D,2D,3D,7D,8D. The highest BCUT2D eigenvalue weighted by Gasteiger charge is 2.16. The van der Waals surface area contributed by atoms with Crippen LogP contribution in [0, 0.1) is 0 Å². The van der Waals surface area contributed by atoms with Crippen molar-refractivity contribution in [3.63, 3.8) is 0 Å². The highest BCUT2D eigenvalue weighted by Crippen LogP contribution is 2.27. The van der Waals surface area contributed by atoms with Crippen molar-refractivity contribution in [1.29, 1.82) is 0 Å². The van der Waals surface area contributed by atoms with Crippen LogP contribution in [0.5, 0.6) is 5.75 Å². The van der Waals surface area contributed by atoms with Crippen LogP contribution in [0.25, 0.3) is 0 Å². The molecule has 3 rings (SSSR count). The lowest BCUT2D eigenvalue weighted by molar-refractivity contribution is 0.289. The number of benzene rings is 2. The molecule has 1 aliphatic rings. The number of rotatable bonds is 1. The van der Waals surface area contributed by atoms with Crippen molar-refractivity contribution in [2.45, 2.75) is 6.54 Å². The molecule has 80 valence electrons. The maximum absolute atomic E-state index is 7.99. The number of ether oxygens (including phenoxy) is 1. The summed E-state index contributed by atoms with van der Waals surface area (Å²) in [7, 11) is 0. The summed E-state index contributed by atoms with van der Waals surface area (Å²) in [5, 5.41) is 0. The maximum atomic E-state index is 7.99. The molecule has 0 amide bonds. The van der Waals surface area contributed by atoms with Crippen molar-refractivity contribution >= 4 is 5.69 Å². The van der Waals surface area contributed by atoms with E-state index in [2.05, 4.69) is 0 Å². The molecule has 0 aromatic heterocycles. The summed E-state index contributed by atoms with van der Waals surface area (Å²) in [5.41, 5.74) is 1.10. The van der Waals surface area contributed by atoms with Crippen LogP contribution in [0.1, 0.15) is 12.4 Å². The molecule has 1 aliphatic heterocycles. The summed E-state index contributed by atoms with van der Waals surface area (Å²) in [4.78, 5) is 1.66. The predicted octanol–water partition coefficient (Wildman–Crippen LogP) is 3.04. The zero-order valence-electron chi connectivity index (χ0n) is 13.6. The fourth-order valence-electron chi connectivity index (χ4n) is 1.72. The largest absolute Gasteiger partial charge is 0.473 e. The molecule has 0 radical (unpaired) electrons. The van der Waals surface area contributed by atoms with Gasteiger partial charge in [-0.15, -0.1) is 0 Å². The average Bonchev–Trinajstić information content (AvgIpc) is 2.51. The van der Waals surface area contributed by atoms with E-state index in [1.165, 1.54) is 0 Å². The lowest BCUT2D eigenvalue weighted by Crippen LogP contribution is -2.31. The number of hydrogen-bond acceptors (Lipinski definition) is 2. The van der Waals surface area contributed by atoms with Crippen LogP contribution < -0.4 is 9.64 Å². The third-order valence-corrected chi connectivity index (χ3v) is 2.51. The molecule has 0 aliphatic carbocycles. The van der Waals surface area contributed by atoms with Gasteiger partial charge in [-0.2, -0.15) is 0 Å². The summed E-state index contributed by atoms with van der Waals surface area (Å²) in [6.07, 6.45) is 0. The van der Waals surface area contributed by atoms with E-state index in [4.69, 9.17) is 11.6 Å². The summed E-state index contributed by atoms with van der Waals surface area (Å²) in [5.74, 6) is 0.765. The number of hydrogen-bond donors (Lipinski definition) is 0. The number of para-hydroxylation sites is 2. The van der Waals surface area contributed by atoms with Crippen molar-refractivity contribution in [3.8, 4) is 5.75 Å². The molecule has 2 aromatic rings. The van der Waals surface area contributed by atoms with E-state index >= 15 is 0 Å². The van der Waals surface area contributed by atoms with Crippen LogP contribution in [0.15, 0.2) is 54.5 Å². The minimum atomic E-state index is -0.382. The molecule has 0 bridgehead atoms. The van der Waals surface area contributed by atoms with E-state index in [0.717, 1.165) is 11.3 Å². The molecule has 0 saturated heterocycles. The van der Waals surface area contributed by atoms with Crippen LogP contribution in [0.2, 0.25) is 0 Å². The van der Waals surface area contributed by atoms with Crippen LogP contribution in [-0.4, -0.2) is 6.73 Å². The van der Waals surface area contributed by atoms with Gasteiger partial charge in [-0.1, -0.05) is 36.3 Å². The van der Waals surface area contributed by atoms with Crippen molar-refractivity contribution in [2.24, 2.45) is 0 Å². The van der Waals surface area contributed by atoms with Crippen molar-refractivity contribution < 1.29 is 11.6 Å². The first kappa shape index (κ1) is 5.39. The van der Waals surface area contributed by atoms with E-state index in [0.29, 0.717) is 6.54 Å². The van der Waals surface area contributed by atoms with Gasteiger partial charge in [0.15, 0.2) is 6.73 Å². The molecule has 2 heteroatoms. The van der Waals surface area contributed by atoms with Gasteiger partial charge in [-0.05, 0) is 18.2 Å². The molecule has 0 saturated carbocycles. The number of nitrogens with zero attached hydrogens (tertiary/aromatic N) is 1. The Kier molecular flexibility index (Phi) is 1.31. The van der Waals surface area contributed by atoms with Crippen LogP contribution in [-0.2, 0) is 6.54 Å². The third kappa shape index (κ3) is 1.63. The first-order chi connectivity index (χ1) is 10.0. The molecule has 2 nitrogen and oxygen atoms in total. The number of anilines is 1. The SMILES string of the molecule is [2H]c1c([2H])c([2H])c(N2COc3ccccc3C2)c([2H])c1[2H]. The van der Waals surface area contributed by atoms with Crippen molar-refractivity contribution in [1.82, 2.24) is 0 Å². The molecule has 0 atom stereocenters. The summed E-state index contributed by atoms with van der Waals surface area (Å²) < 4.78 is 44.6. The Morgan fingerprint density at radius 3 is 2.81 bits per heavy atom. The Hall–Kier alpha value is -1.96. The predicted molar refractivity (Wildman–Crippen MR) is 64.6 cm³/mol. The Labute approximate surface area is 102 Å². The Morgan fingerprint density at radius 1 is 1.12 bits per heavy atom. The van der Waals surface area contributed by atoms with Gasteiger partial charge in [0.2, 0.25) is 0 Å². The highest BCUT2D eigenvalue weighted by molar-refractivity contribution is 5.49. The van der Waals surface area contributed by atoms with Gasteiger partial charge in [-0.3, -0.25) is 0 Å². The van der Waals surface area contributed by atoms with Crippen molar-refractivity contribution in [3.05, 3.63) is 60.0 Å². The van der Waals surface area contributed by atoms with Gasteiger partial charge in [0, 0.05) is 17.8 Å². The minimum absolute atomic E-state index is 0.158. The second-order valence-corrected chi connectivity index (χ2v) is 3.55. The minimum Gasteiger partial charge on any atom is -0.473 e. The number of fused-ring (bicyclic) bond motifs is 1. The molecule has 2 aromatic carbocycles. The molecule has 0 N–H and O–H groups in total. The molecule has 16 heavy (non-hydrogen) atoms. The van der Waals surface area contributed by atoms with E-state index < -0.39 is 0 Å². The Balaban J connectivity index is 2.07. The van der Waals surface area contributed by atoms with Crippen molar-refractivity contribution in [2.75, 3.05) is 11.6 Å². The van der Waals surface area contributed by atoms with Gasteiger partial charge in [0.1, 0.15) is 5.75 Å². The highest BCUT2D eigenvalue weighted by atomic mass is 16.5. The van der Waals surface area contributed by atoms with Gasteiger partial charge >= 0.3 is 0 Å². The zero-order chi connectivity index (χ0) is 15.1. The average molecular weight is 216 g/mol. The first-order valence-corrected chi connectivity index (χ1v) is 5.03. The van der Waals surface area contributed by atoms with Gasteiger partial charge in [0.25, 0.3) is 0 Å². The smallest absolute Gasteiger partial charge is 0.161 e. The lowest BCUT2D eigenvalue weighted by atomic mass is 10.1. The Morgan fingerprint density at radius 2 is 1.94 bits per heavy atom. The van der Waals surface area contributed by atoms with Crippen LogP contribution in [0.3, 0.4) is 0 Å². The van der Waals surface area contributed by atoms with Crippen LogP contribution >= 0.6 is 0 Å². The maximum Gasteiger partial charge on any atom is 0.161 e. The van der Waals surface area contributed by atoms with Gasteiger partial charge < -0.3 is 9.64 Å². The lowest BCUT2D eigenvalue weighted by Gasteiger charge is -2.30. The molecular formula is C14H13NO. The van der Waals surface area contributed by atoms with E-state index in [-0.39, 0.29) is 42.6 Å². The fourth-order valence-corrected chi connectivity index (χ4v) is 1.72. The van der Waals surface area contributed by atoms with E-state index in [9.17, 15) is 0 Å².